The fraction of sp³-hybridized carbons (Fsp3) is 0.250. The molecule has 22 heavy (non-hydrogen) atoms. The zero-order chi connectivity index (χ0) is 16.3. The van der Waals surface area contributed by atoms with Crippen molar-refractivity contribution in [3.8, 4) is 0 Å². The molecular weight excluding hydrogens is 305 g/mol. The van der Waals surface area contributed by atoms with E-state index >= 15 is 0 Å². The SMILES string of the molecule is CCc1c(C)sc(NC(=O)Cc2ccc(F)cc2)c1C(=O)O. The summed E-state index contributed by atoms with van der Waals surface area (Å²) in [5.74, 6) is -1.73. The molecule has 0 aliphatic carbocycles. The lowest BCUT2D eigenvalue weighted by Gasteiger charge is -2.05. The molecule has 0 saturated carbocycles. The number of carbonyl (C=O) groups is 2. The smallest absolute Gasteiger partial charge is 0.339 e. The maximum atomic E-state index is 12.8. The number of benzene rings is 1. The highest BCUT2D eigenvalue weighted by atomic mass is 32.1. The lowest BCUT2D eigenvalue weighted by molar-refractivity contribution is -0.115. The van der Waals surface area contributed by atoms with E-state index < -0.39 is 5.97 Å². The number of carboxylic acids is 1. The van der Waals surface area contributed by atoms with Crippen LogP contribution in [0.4, 0.5) is 9.39 Å². The van der Waals surface area contributed by atoms with E-state index in [-0.39, 0.29) is 23.7 Å². The largest absolute Gasteiger partial charge is 0.478 e. The van der Waals surface area contributed by atoms with Crippen LogP contribution in [0.1, 0.15) is 33.3 Å². The molecule has 1 amide bonds. The number of nitrogens with one attached hydrogen (secondary N) is 1. The summed E-state index contributed by atoms with van der Waals surface area (Å²) in [6.45, 7) is 3.72. The molecule has 0 aliphatic rings. The molecule has 0 aliphatic heterocycles. The molecule has 0 bridgehead atoms. The average Bonchev–Trinajstić information content (AvgIpc) is 2.76. The van der Waals surface area contributed by atoms with Gasteiger partial charge in [0.1, 0.15) is 10.8 Å². The molecule has 116 valence electrons. The number of amides is 1. The van der Waals surface area contributed by atoms with E-state index in [2.05, 4.69) is 5.32 Å². The molecule has 0 atom stereocenters. The van der Waals surface area contributed by atoms with Crippen LogP contribution >= 0.6 is 11.3 Å². The molecule has 2 N–H and O–H groups in total. The Morgan fingerprint density at radius 1 is 1.27 bits per heavy atom. The van der Waals surface area contributed by atoms with Gasteiger partial charge in [-0.15, -0.1) is 11.3 Å². The second kappa shape index (κ2) is 6.70. The third kappa shape index (κ3) is 3.51. The Bertz CT molecular complexity index is 707. The zero-order valence-corrected chi connectivity index (χ0v) is 13.1. The van der Waals surface area contributed by atoms with Crippen LogP contribution in [0.3, 0.4) is 0 Å². The van der Waals surface area contributed by atoms with Crippen molar-refractivity contribution in [3.05, 3.63) is 51.7 Å². The number of carboxylic acid groups (broad SMARTS) is 1. The molecule has 0 saturated heterocycles. The number of anilines is 1. The van der Waals surface area contributed by atoms with Gasteiger partial charge in [0, 0.05) is 4.88 Å². The van der Waals surface area contributed by atoms with Gasteiger partial charge in [0.15, 0.2) is 0 Å². The van der Waals surface area contributed by atoms with Gasteiger partial charge in [-0.3, -0.25) is 4.79 Å². The number of carbonyl (C=O) groups excluding carboxylic acids is 1. The molecule has 2 rings (SSSR count). The van der Waals surface area contributed by atoms with Crippen LogP contribution in [-0.4, -0.2) is 17.0 Å². The molecule has 6 heteroatoms. The predicted octanol–water partition coefficient (Wildman–Crippen LogP) is 3.64. The van der Waals surface area contributed by atoms with Crippen molar-refractivity contribution in [2.45, 2.75) is 26.7 Å². The van der Waals surface area contributed by atoms with Gasteiger partial charge in [-0.2, -0.15) is 0 Å². The summed E-state index contributed by atoms with van der Waals surface area (Å²) in [5.41, 5.74) is 1.58. The Hall–Kier alpha value is -2.21. The molecular formula is C16H16FNO3S. The van der Waals surface area contributed by atoms with Crippen LogP contribution in [0.25, 0.3) is 0 Å². The average molecular weight is 321 g/mol. The fourth-order valence-electron chi connectivity index (χ4n) is 2.28. The quantitative estimate of drug-likeness (QED) is 0.883. The summed E-state index contributed by atoms with van der Waals surface area (Å²) >= 11 is 1.26. The van der Waals surface area contributed by atoms with Crippen LogP contribution < -0.4 is 5.32 Å². The summed E-state index contributed by atoms with van der Waals surface area (Å²) < 4.78 is 12.8. The van der Waals surface area contributed by atoms with Crippen molar-refractivity contribution in [1.82, 2.24) is 0 Å². The molecule has 4 nitrogen and oxygen atoms in total. The fourth-order valence-corrected chi connectivity index (χ4v) is 3.43. The Kier molecular flexibility index (Phi) is 4.92. The number of aryl methyl sites for hydroxylation is 1. The van der Waals surface area contributed by atoms with Crippen molar-refractivity contribution in [1.29, 1.82) is 0 Å². The number of aromatic carboxylic acids is 1. The van der Waals surface area contributed by atoms with E-state index in [9.17, 15) is 19.1 Å². The first-order valence-electron chi connectivity index (χ1n) is 6.82. The molecule has 2 aromatic rings. The van der Waals surface area contributed by atoms with E-state index in [0.29, 0.717) is 17.0 Å². The van der Waals surface area contributed by atoms with Gasteiger partial charge in [0.05, 0.1) is 12.0 Å². The lowest BCUT2D eigenvalue weighted by Crippen LogP contribution is -2.15. The van der Waals surface area contributed by atoms with E-state index in [4.69, 9.17) is 0 Å². The van der Waals surface area contributed by atoms with Crippen LogP contribution in [0, 0.1) is 12.7 Å². The lowest BCUT2D eigenvalue weighted by atomic mass is 10.1. The summed E-state index contributed by atoms with van der Waals surface area (Å²) in [7, 11) is 0. The summed E-state index contributed by atoms with van der Waals surface area (Å²) in [5, 5.41) is 12.3. The number of hydrogen-bond acceptors (Lipinski definition) is 3. The zero-order valence-electron chi connectivity index (χ0n) is 12.3. The Morgan fingerprint density at radius 3 is 2.45 bits per heavy atom. The number of rotatable bonds is 5. The molecule has 0 spiro atoms. The van der Waals surface area contributed by atoms with Crippen molar-refractivity contribution in [2.24, 2.45) is 0 Å². The number of halogens is 1. The highest BCUT2D eigenvalue weighted by molar-refractivity contribution is 7.16. The first kappa shape index (κ1) is 16.2. The van der Waals surface area contributed by atoms with Crippen LogP contribution in [0.2, 0.25) is 0 Å². The molecule has 1 aromatic carbocycles. The molecule has 0 radical (unpaired) electrons. The minimum absolute atomic E-state index is 0.0672. The van der Waals surface area contributed by atoms with Gasteiger partial charge in [-0.05, 0) is 36.6 Å². The molecule has 0 unspecified atom stereocenters. The van der Waals surface area contributed by atoms with Crippen molar-refractivity contribution in [3.63, 3.8) is 0 Å². The van der Waals surface area contributed by atoms with Crippen molar-refractivity contribution in [2.75, 3.05) is 5.32 Å². The topological polar surface area (TPSA) is 66.4 Å². The standard InChI is InChI=1S/C16H16FNO3S/c1-3-12-9(2)22-15(14(12)16(20)21)18-13(19)8-10-4-6-11(17)7-5-10/h4-7H,3,8H2,1-2H3,(H,18,19)(H,20,21). The molecule has 1 heterocycles. The number of thiophene rings is 1. The summed E-state index contributed by atoms with van der Waals surface area (Å²) in [6.07, 6.45) is 0.662. The Morgan fingerprint density at radius 2 is 1.91 bits per heavy atom. The maximum absolute atomic E-state index is 12.8. The van der Waals surface area contributed by atoms with Gasteiger partial charge in [0.2, 0.25) is 5.91 Å². The Labute approximate surface area is 131 Å². The monoisotopic (exact) mass is 321 g/mol. The second-order valence-corrected chi connectivity index (χ2v) is 6.08. The van der Waals surface area contributed by atoms with Crippen molar-refractivity contribution >= 4 is 28.2 Å². The second-order valence-electron chi connectivity index (χ2n) is 4.85. The van der Waals surface area contributed by atoms with Gasteiger partial charge in [-0.25, -0.2) is 9.18 Å². The Balaban J connectivity index is 2.18. The summed E-state index contributed by atoms with van der Waals surface area (Å²) in [6, 6.07) is 5.64. The summed E-state index contributed by atoms with van der Waals surface area (Å²) in [4.78, 5) is 24.4. The minimum Gasteiger partial charge on any atom is -0.478 e. The maximum Gasteiger partial charge on any atom is 0.339 e. The van der Waals surface area contributed by atoms with E-state index in [1.165, 1.54) is 35.6 Å². The van der Waals surface area contributed by atoms with E-state index in [1.54, 1.807) is 0 Å². The predicted molar refractivity (Wildman–Crippen MR) is 84.1 cm³/mol. The number of hydrogen-bond donors (Lipinski definition) is 2. The molecule has 1 aromatic heterocycles. The third-order valence-corrected chi connectivity index (χ3v) is 4.37. The highest BCUT2D eigenvalue weighted by Gasteiger charge is 2.21. The highest BCUT2D eigenvalue weighted by Crippen LogP contribution is 2.33. The minimum atomic E-state index is -1.04. The van der Waals surface area contributed by atoms with Crippen LogP contribution in [0.5, 0.6) is 0 Å². The normalized spacial score (nSPS) is 10.5. The van der Waals surface area contributed by atoms with E-state index in [1.807, 2.05) is 13.8 Å². The third-order valence-electron chi connectivity index (χ3n) is 3.31. The van der Waals surface area contributed by atoms with Gasteiger partial charge >= 0.3 is 5.97 Å². The van der Waals surface area contributed by atoms with Gasteiger partial charge in [-0.1, -0.05) is 19.1 Å². The van der Waals surface area contributed by atoms with Gasteiger partial charge < -0.3 is 10.4 Å². The van der Waals surface area contributed by atoms with Gasteiger partial charge in [0.25, 0.3) is 0 Å². The molecule has 0 fully saturated rings. The van der Waals surface area contributed by atoms with Crippen molar-refractivity contribution < 1.29 is 19.1 Å². The first-order chi connectivity index (χ1) is 10.4. The van der Waals surface area contributed by atoms with E-state index in [0.717, 1.165) is 10.4 Å². The first-order valence-corrected chi connectivity index (χ1v) is 7.63. The van der Waals surface area contributed by atoms with Crippen LogP contribution in [0.15, 0.2) is 24.3 Å². The van der Waals surface area contributed by atoms with Crippen LogP contribution in [-0.2, 0) is 17.6 Å².